The van der Waals surface area contributed by atoms with E-state index in [4.69, 9.17) is 0 Å². The van der Waals surface area contributed by atoms with Crippen LogP contribution in [-0.4, -0.2) is 68.5 Å². The van der Waals surface area contributed by atoms with Gasteiger partial charge in [0.2, 0.25) is 10.0 Å². The molecule has 1 atom stereocenters. The lowest BCUT2D eigenvalue weighted by Gasteiger charge is -2.32. The number of nitrogens with one attached hydrogen (secondary N) is 2. The highest BCUT2D eigenvalue weighted by Crippen LogP contribution is 2.18. The van der Waals surface area contributed by atoms with Gasteiger partial charge in [-0.3, -0.25) is 4.79 Å². The molecule has 2 heterocycles. The van der Waals surface area contributed by atoms with Crippen molar-refractivity contribution in [2.45, 2.75) is 30.7 Å². The number of hydrogen-bond acceptors (Lipinski definition) is 4. The molecule has 2 aliphatic heterocycles. The standard InChI is InChI=1S/C17H23FN4O4S/c1-2-5-14-16(23)22(17(24)19-14)12-20-8-10-21(11-9-20)27(25,26)15-7-4-3-6-13(15)18/h3-4,6-7,14H,2,5,8-12H2,1H3,(H,19,24)/p+1/t14-/m0/s1. The van der Waals surface area contributed by atoms with Crippen LogP contribution >= 0.6 is 0 Å². The molecule has 0 unspecified atom stereocenters. The van der Waals surface area contributed by atoms with Crippen LogP contribution in [0.1, 0.15) is 19.8 Å². The molecule has 0 bridgehead atoms. The maximum atomic E-state index is 13.9. The highest BCUT2D eigenvalue weighted by atomic mass is 32.2. The van der Waals surface area contributed by atoms with Crippen molar-refractivity contribution < 1.29 is 27.3 Å². The predicted molar refractivity (Wildman–Crippen MR) is 94.8 cm³/mol. The average Bonchev–Trinajstić information content (AvgIpc) is 2.90. The topological polar surface area (TPSA) is 91.2 Å². The number of carbonyl (C=O) groups excluding carboxylic acids is 2. The summed E-state index contributed by atoms with van der Waals surface area (Å²) in [5.41, 5.74) is 0. The molecule has 0 saturated carbocycles. The van der Waals surface area contributed by atoms with Crippen molar-refractivity contribution >= 4 is 22.0 Å². The summed E-state index contributed by atoms with van der Waals surface area (Å²) in [6.45, 7) is 3.43. The molecule has 0 aromatic heterocycles. The van der Waals surface area contributed by atoms with E-state index in [1.54, 1.807) is 0 Å². The van der Waals surface area contributed by atoms with Crippen LogP contribution in [0.15, 0.2) is 29.2 Å². The minimum Gasteiger partial charge on any atom is -0.326 e. The fourth-order valence-corrected chi connectivity index (χ4v) is 4.93. The van der Waals surface area contributed by atoms with Gasteiger partial charge in [-0.2, -0.15) is 4.31 Å². The minimum absolute atomic E-state index is 0.202. The summed E-state index contributed by atoms with van der Waals surface area (Å²) >= 11 is 0. The minimum atomic E-state index is -3.90. The molecule has 1 aromatic rings. The van der Waals surface area contributed by atoms with Gasteiger partial charge in [-0.15, -0.1) is 0 Å². The molecule has 8 nitrogen and oxygen atoms in total. The van der Waals surface area contributed by atoms with Crippen molar-refractivity contribution in [3.8, 4) is 0 Å². The molecule has 0 spiro atoms. The molecular formula is C17H24FN4O4S+. The predicted octanol–water partition coefficient (Wildman–Crippen LogP) is -0.607. The lowest BCUT2D eigenvalue weighted by atomic mass is 10.2. The Morgan fingerprint density at radius 1 is 1.22 bits per heavy atom. The zero-order chi connectivity index (χ0) is 19.6. The number of carbonyl (C=O) groups is 2. The van der Waals surface area contributed by atoms with Gasteiger partial charge in [0.1, 0.15) is 16.8 Å². The second kappa shape index (κ2) is 7.91. The fourth-order valence-electron chi connectivity index (χ4n) is 3.43. The first-order valence-corrected chi connectivity index (χ1v) is 10.5. The number of nitrogens with zero attached hydrogens (tertiary/aromatic N) is 2. The van der Waals surface area contributed by atoms with Crippen molar-refractivity contribution in [1.82, 2.24) is 14.5 Å². The Hall–Kier alpha value is -2.04. The molecule has 1 aromatic carbocycles. The van der Waals surface area contributed by atoms with Gasteiger partial charge in [0.15, 0.2) is 6.67 Å². The van der Waals surface area contributed by atoms with Crippen LogP contribution < -0.4 is 10.2 Å². The number of quaternary nitrogens is 1. The van der Waals surface area contributed by atoms with Crippen LogP contribution in [-0.2, 0) is 14.8 Å². The number of halogens is 1. The van der Waals surface area contributed by atoms with Gasteiger partial charge in [0.25, 0.3) is 5.91 Å². The largest absolute Gasteiger partial charge is 0.329 e. The first kappa shape index (κ1) is 19.7. The Balaban J connectivity index is 1.60. The third-order valence-corrected chi connectivity index (χ3v) is 6.88. The van der Waals surface area contributed by atoms with E-state index in [0.717, 1.165) is 17.4 Å². The van der Waals surface area contributed by atoms with Crippen LogP contribution in [0.25, 0.3) is 0 Å². The molecule has 2 aliphatic rings. The van der Waals surface area contributed by atoms with Crippen LogP contribution in [0.5, 0.6) is 0 Å². The Labute approximate surface area is 158 Å². The number of benzene rings is 1. The SMILES string of the molecule is CCC[C@@H]1NC(=O)N(C[NH+]2CCN(S(=O)(=O)c3ccccc3F)CC2)C1=O. The maximum absolute atomic E-state index is 13.9. The van der Waals surface area contributed by atoms with E-state index in [1.165, 1.54) is 27.4 Å². The number of amides is 3. The van der Waals surface area contributed by atoms with Gasteiger partial charge in [-0.1, -0.05) is 25.5 Å². The second-order valence-electron chi connectivity index (χ2n) is 6.80. The Kier molecular flexibility index (Phi) is 5.78. The van der Waals surface area contributed by atoms with Gasteiger partial charge in [-0.25, -0.2) is 22.5 Å². The van der Waals surface area contributed by atoms with Gasteiger partial charge < -0.3 is 10.2 Å². The van der Waals surface area contributed by atoms with Crippen molar-refractivity contribution in [2.75, 3.05) is 32.8 Å². The maximum Gasteiger partial charge on any atom is 0.329 e. The van der Waals surface area contributed by atoms with E-state index < -0.39 is 27.9 Å². The van der Waals surface area contributed by atoms with Crippen LogP contribution in [0.4, 0.5) is 9.18 Å². The summed E-state index contributed by atoms with van der Waals surface area (Å²) in [6.07, 6.45) is 1.40. The third-order valence-electron chi connectivity index (χ3n) is 4.95. The number of rotatable bonds is 6. The molecule has 3 rings (SSSR count). The van der Waals surface area contributed by atoms with Crippen molar-refractivity contribution in [3.05, 3.63) is 30.1 Å². The van der Waals surface area contributed by atoms with E-state index in [0.29, 0.717) is 19.5 Å². The summed E-state index contributed by atoms with van der Waals surface area (Å²) in [6, 6.07) is 4.45. The molecule has 10 heteroatoms. The summed E-state index contributed by atoms with van der Waals surface area (Å²) in [5.74, 6) is -0.996. The number of hydrogen-bond donors (Lipinski definition) is 2. The zero-order valence-corrected chi connectivity index (χ0v) is 16.0. The zero-order valence-electron chi connectivity index (χ0n) is 15.2. The van der Waals surface area contributed by atoms with Gasteiger partial charge in [0.05, 0.1) is 26.2 Å². The lowest BCUT2D eigenvalue weighted by Crippen LogP contribution is -3.16. The summed E-state index contributed by atoms with van der Waals surface area (Å²) < 4.78 is 40.4. The van der Waals surface area contributed by atoms with Gasteiger partial charge in [-0.05, 0) is 18.6 Å². The first-order chi connectivity index (χ1) is 12.8. The molecule has 2 N–H and O–H groups in total. The van der Waals surface area contributed by atoms with E-state index >= 15 is 0 Å². The van der Waals surface area contributed by atoms with Crippen LogP contribution in [0.3, 0.4) is 0 Å². The Morgan fingerprint density at radius 2 is 1.89 bits per heavy atom. The van der Waals surface area contributed by atoms with Crippen LogP contribution in [0, 0.1) is 5.82 Å². The lowest BCUT2D eigenvalue weighted by molar-refractivity contribution is -0.910. The number of piperazine rings is 1. The molecule has 0 aliphatic carbocycles. The van der Waals surface area contributed by atoms with Crippen LogP contribution in [0.2, 0.25) is 0 Å². The second-order valence-corrected chi connectivity index (χ2v) is 8.71. The highest BCUT2D eigenvalue weighted by Gasteiger charge is 2.40. The molecular weight excluding hydrogens is 375 g/mol. The smallest absolute Gasteiger partial charge is 0.326 e. The number of imide groups is 1. The van der Waals surface area contributed by atoms with Crippen molar-refractivity contribution in [3.63, 3.8) is 0 Å². The van der Waals surface area contributed by atoms with E-state index in [2.05, 4.69) is 5.32 Å². The Morgan fingerprint density at radius 3 is 2.52 bits per heavy atom. The van der Waals surface area contributed by atoms with E-state index in [-0.39, 0.29) is 30.6 Å². The summed E-state index contributed by atoms with van der Waals surface area (Å²) in [5, 5.41) is 2.68. The normalized spacial score (nSPS) is 22.3. The fraction of sp³-hybridized carbons (Fsp3) is 0.529. The molecule has 148 valence electrons. The number of sulfonamides is 1. The Bertz CT molecular complexity index is 824. The van der Waals surface area contributed by atoms with Crippen molar-refractivity contribution in [2.24, 2.45) is 0 Å². The summed E-state index contributed by atoms with van der Waals surface area (Å²) in [4.78, 5) is 26.1. The quantitative estimate of drug-likeness (QED) is 0.625. The average molecular weight is 399 g/mol. The molecule has 2 fully saturated rings. The third kappa shape index (κ3) is 3.97. The number of urea groups is 1. The molecule has 2 saturated heterocycles. The highest BCUT2D eigenvalue weighted by molar-refractivity contribution is 7.89. The summed E-state index contributed by atoms with van der Waals surface area (Å²) in [7, 11) is -3.90. The first-order valence-electron chi connectivity index (χ1n) is 9.04. The van der Waals surface area contributed by atoms with Gasteiger partial charge >= 0.3 is 6.03 Å². The van der Waals surface area contributed by atoms with E-state index in [1.807, 2.05) is 6.92 Å². The van der Waals surface area contributed by atoms with E-state index in [9.17, 15) is 22.4 Å². The van der Waals surface area contributed by atoms with Gasteiger partial charge in [0, 0.05) is 0 Å². The molecule has 3 amide bonds. The molecule has 0 radical (unpaired) electrons. The monoisotopic (exact) mass is 399 g/mol. The van der Waals surface area contributed by atoms with Crippen molar-refractivity contribution in [1.29, 1.82) is 0 Å². The molecule has 27 heavy (non-hydrogen) atoms.